The second-order valence-corrected chi connectivity index (χ2v) is 5.40. The zero-order chi connectivity index (χ0) is 13.1. The smallest absolute Gasteiger partial charge is 0.218 e. The summed E-state index contributed by atoms with van der Waals surface area (Å²) in [6.45, 7) is 6.34. The van der Waals surface area contributed by atoms with E-state index in [1.54, 1.807) is 12.1 Å². The normalized spacial score (nSPS) is 28.1. The number of hydrogen-bond donors (Lipinski definition) is 1. The summed E-state index contributed by atoms with van der Waals surface area (Å²) in [6, 6.07) is 7.23. The molecule has 1 saturated heterocycles. The van der Waals surface area contributed by atoms with Crippen LogP contribution in [-0.4, -0.2) is 37.6 Å². The molecular weight excluding hydrogens is 250 g/mol. The highest BCUT2D eigenvalue weighted by Crippen LogP contribution is 2.14. The molecule has 1 heterocycles. The van der Waals surface area contributed by atoms with Crippen LogP contribution in [0.4, 0.5) is 0 Å². The largest absolute Gasteiger partial charge is 0.364 e. The monoisotopic (exact) mass is 268 g/mol. The molecule has 1 aliphatic heterocycles. The van der Waals surface area contributed by atoms with E-state index in [4.69, 9.17) is 16.3 Å². The molecule has 0 aliphatic carbocycles. The molecule has 0 aromatic heterocycles. The molecule has 0 unspecified atom stereocenters. The van der Waals surface area contributed by atoms with E-state index in [0.717, 1.165) is 13.1 Å². The number of ketones is 1. The van der Waals surface area contributed by atoms with E-state index in [0.29, 0.717) is 17.1 Å². The molecule has 3 nitrogen and oxygen atoms in total. The van der Waals surface area contributed by atoms with Gasteiger partial charge in [-0.05, 0) is 26.0 Å². The van der Waals surface area contributed by atoms with E-state index < -0.39 is 0 Å². The van der Waals surface area contributed by atoms with Crippen LogP contribution < -0.4 is 4.90 Å². The van der Waals surface area contributed by atoms with Crippen LogP contribution in [0.2, 0.25) is 5.02 Å². The number of rotatable bonds is 3. The molecule has 0 radical (unpaired) electrons. The average molecular weight is 269 g/mol. The molecule has 1 aromatic rings. The van der Waals surface area contributed by atoms with Gasteiger partial charge in [-0.15, -0.1) is 0 Å². The van der Waals surface area contributed by atoms with Crippen LogP contribution in [0.1, 0.15) is 24.2 Å². The van der Waals surface area contributed by atoms with Gasteiger partial charge in [-0.25, -0.2) is 0 Å². The molecule has 2 rings (SSSR count). The molecule has 0 amide bonds. The third-order valence-corrected chi connectivity index (χ3v) is 3.53. The minimum atomic E-state index is 0.108. The van der Waals surface area contributed by atoms with E-state index in [1.807, 2.05) is 12.1 Å². The Morgan fingerprint density at radius 1 is 1.33 bits per heavy atom. The molecule has 4 heteroatoms. The molecule has 0 saturated carbocycles. The Morgan fingerprint density at radius 3 is 2.56 bits per heavy atom. The Hall–Kier alpha value is -0.900. The molecule has 1 N–H and O–H groups in total. The van der Waals surface area contributed by atoms with Crippen LogP contribution in [0, 0.1) is 0 Å². The maximum atomic E-state index is 12.2. The summed E-state index contributed by atoms with van der Waals surface area (Å²) in [4.78, 5) is 13.5. The highest BCUT2D eigenvalue weighted by molar-refractivity contribution is 6.34. The molecule has 0 spiro atoms. The van der Waals surface area contributed by atoms with E-state index >= 15 is 0 Å². The standard InChI is InChI=1S/C14H18ClNO2/c1-10-7-16(8-11(2)18-10)9-14(17)12-5-3-4-6-13(12)15/h3-6,10-11H,7-9H2,1-2H3/p+1/t10-,11-/m1/s1. The second-order valence-electron chi connectivity index (χ2n) is 5.00. The number of morpholine rings is 1. The molecule has 0 bridgehead atoms. The average Bonchev–Trinajstić information content (AvgIpc) is 2.27. The van der Waals surface area contributed by atoms with Crippen molar-refractivity contribution >= 4 is 17.4 Å². The lowest BCUT2D eigenvalue weighted by Gasteiger charge is -2.32. The first-order valence-electron chi connectivity index (χ1n) is 6.33. The SMILES string of the molecule is C[C@@H]1C[NH+](CC(=O)c2ccccc2Cl)C[C@@H](C)O1. The fourth-order valence-electron chi connectivity index (χ4n) is 2.54. The van der Waals surface area contributed by atoms with Crippen LogP contribution >= 0.6 is 11.6 Å². The molecule has 1 aliphatic rings. The fourth-order valence-corrected chi connectivity index (χ4v) is 2.78. The van der Waals surface area contributed by atoms with Gasteiger partial charge in [0.25, 0.3) is 0 Å². The van der Waals surface area contributed by atoms with Crippen LogP contribution in [-0.2, 0) is 4.74 Å². The summed E-state index contributed by atoms with van der Waals surface area (Å²) in [5, 5.41) is 0.538. The molecule has 98 valence electrons. The first-order chi connectivity index (χ1) is 8.56. The van der Waals surface area contributed by atoms with Gasteiger partial charge in [0, 0.05) is 5.56 Å². The van der Waals surface area contributed by atoms with Crippen molar-refractivity contribution in [1.82, 2.24) is 0 Å². The Kier molecular flexibility index (Phi) is 4.38. The Labute approximate surface area is 113 Å². The zero-order valence-electron chi connectivity index (χ0n) is 10.8. The topological polar surface area (TPSA) is 30.7 Å². The molecule has 18 heavy (non-hydrogen) atoms. The van der Waals surface area contributed by atoms with Gasteiger partial charge < -0.3 is 9.64 Å². The van der Waals surface area contributed by atoms with Gasteiger partial charge >= 0.3 is 0 Å². The first-order valence-corrected chi connectivity index (χ1v) is 6.71. The summed E-state index contributed by atoms with van der Waals surface area (Å²) >= 11 is 6.04. The predicted octanol–water partition coefficient (Wildman–Crippen LogP) is 1.21. The second kappa shape index (κ2) is 5.83. The minimum absolute atomic E-state index is 0.108. The van der Waals surface area contributed by atoms with Gasteiger partial charge in [-0.1, -0.05) is 23.7 Å². The number of quaternary nitrogens is 1. The molecule has 1 fully saturated rings. The Morgan fingerprint density at radius 2 is 1.94 bits per heavy atom. The van der Waals surface area contributed by atoms with E-state index in [-0.39, 0.29) is 18.0 Å². The first kappa shape index (κ1) is 13.5. The number of ether oxygens (including phenoxy) is 1. The lowest BCUT2D eigenvalue weighted by Crippen LogP contribution is -3.16. The lowest BCUT2D eigenvalue weighted by molar-refractivity contribution is -0.906. The number of benzene rings is 1. The van der Waals surface area contributed by atoms with E-state index in [1.165, 1.54) is 4.90 Å². The van der Waals surface area contributed by atoms with Crippen molar-refractivity contribution in [3.8, 4) is 0 Å². The summed E-state index contributed by atoms with van der Waals surface area (Å²) < 4.78 is 5.67. The van der Waals surface area contributed by atoms with Crippen LogP contribution in [0.15, 0.2) is 24.3 Å². The summed E-state index contributed by atoms with van der Waals surface area (Å²) in [7, 11) is 0. The quantitative estimate of drug-likeness (QED) is 0.836. The highest BCUT2D eigenvalue weighted by Gasteiger charge is 2.27. The van der Waals surface area contributed by atoms with Gasteiger partial charge in [0.1, 0.15) is 31.8 Å². The van der Waals surface area contributed by atoms with Crippen LogP contribution in [0.3, 0.4) is 0 Å². The molecule has 1 aromatic carbocycles. The van der Waals surface area contributed by atoms with Crippen molar-refractivity contribution in [1.29, 1.82) is 0 Å². The third kappa shape index (κ3) is 3.31. The van der Waals surface area contributed by atoms with Crippen molar-refractivity contribution in [3.05, 3.63) is 34.9 Å². The molecule has 2 atom stereocenters. The number of carbonyl (C=O) groups is 1. The van der Waals surface area contributed by atoms with Crippen molar-refractivity contribution < 1.29 is 14.4 Å². The van der Waals surface area contributed by atoms with Crippen molar-refractivity contribution in [2.45, 2.75) is 26.1 Å². The van der Waals surface area contributed by atoms with Crippen LogP contribution in [0.5, 0.6) is 0 Å². The van der Waals surface area contributed by atoms with Gasteiger partial charge in [0.2, 0.25) is 5.78 Å². The van der Waals surface area contributed by atoms with Gasteiger partial charge in [0.15, 0.2) is 0 Å². The van der Waals surface area contributed by atoms with Gasteiger partial charge in [0.05, 0.1) is 5.02 Å². The summed E-state index contributed by atoms with van der Waals surface area (Å²) in [5.74, 6) is 0.108. The maximum Gasteiger partial charge on any atom is 0.218 e. The Balaban J connectivity index is 2.01. The van der Waals surface area contributed by atoms with Gasteiger partial charge in [-0.3, -0.25) is 4.79 Å². The fraction of sp³-hybridized carbons (Fsp3) is 0.500. The van der Waals surface area contributed by atoms with Crippen molar-refractivity contribution in [2.24, 2.45) is 0 Å². The number of Topliss-reactive ketones (excluding diaryl/α,β-unsaturated/α-hetero) is 1. The molecular formula is C14H19ClNO2+. The van der Waals surface area contributed by atoms with Crippen LogP contribution in [0.25, 0.3) is 0 Å². The van der Waals surface area contributed by atoms with Crippen molar-refractivity contribution in [2.75, 3.05) is 19.6 Å². The zero-order valence-corrected chi connectivity index (χ0v) is 11.5. The number of hydrogen-bond acceptors (Lipinski definition) is 2. The Bertz CT molecular complexity index is 426. The predicted molar refractivity (Wildman–Crippen MR) is 71.4 cm³/mol. The van der Waals surface area contributed by atoms with E-state index in [2.05, 4.69) is 13.8 Å². The lowest BCUT2D eigenvalue weighted by atomic mass is 10.1. The minimum Gasteiger partial charge on any atom is -0.364 e. The third-order valence-electron chi connectivity index (χ3n) is 3.20. The summed E-state index contributed by atoms with van der Waals surface area (Å²) in [5.41, 5.74) is 0.624. The summed E-state index contributed by atoms with van der Waals surface area (Å²) in [6.07, 6.45) is 0.422. The number of carbonyl (C=O) groups excluding carboxylic acids is 1. The van der Waals surface area contributed by atoms with Crippen molar-refractivity contribution in [3.63, 3.8) is 0 Å². The van der Waals surface area contributed by atoms with Gasteiger partial charge in [-0.2, -0.15) is 0 Å². The number of nitrogens with one attached hydrogen (secondary N) is 1. The number of halogens is 1. The highest BCUT2D eigenvalue weighted by atomic mass is 35.5. The maximum absolute atomic E-state index is 12.2. The van der Waals surface area contributed by atoms with E-state index in [9.17, 15) is 4.79 Å².